The van der Waals surface area contributed by atoms with E-state index in [9.17, 15) is 13.2 Å². The molecular formula is C18H11Cl2N3O4S3. The number of hydrogen-bond donors (Lipinski definition) is 2. The van der Waals surface area contributed by atoms with Gasteiger partial charge in [0.05, 0.1) is 15.0 Å². The fourth-order valence-electron chi connectivity index (χ4n) is 2.88. The van der Waals surface area contributed by atoms with Crippen molar-refractivity contribution in [3.63, 3.8) is 0 Å². The Hall–Kier alpha value is -1.95. The van der Waals surface area contributed by atoms with Crippen molar-refractivity contribution in [3.05, 3.63) is 51.3 Å². The standard InChI is InChI=1S/C18H11Cl2N3O4S3/c1-21-30(25,26)16-12(19)3-8(4-13(16)20)11-7-22-6-9-2-10(27-15(9)11)5-14-17(24)23-18(28)29-14/h2-7,21H,1H3,(H,23,24,28). The Morgan fingerprint density at radius 3 is 2.53 bits per heavy atom. The van der Waals surface area contributed by atoms with E-state index in [-0.39, 0.29) is 20.8 Å². The maximum atomic E-state index is 12.2. The predicted octanol–water partition coefficient (Wildman–Crippen LogP) is 4.20. The molecule has 1 saturated heterocycles. The Labute approximate surface area is 190 Å². The van der Waals surface area contributed by atoms with Crippen LogP contribution in [-0.2, 0) is 14.8 Å². The lowest BCUT2D eigenvalue weighted by Crippen LogP contribution is -2.19. The van der Waals surface area contributed by atoms with Crippen molar-refractivity contribution >= 4 is 84.5 Å². The highest BCUT2D eigenvalue weighted by Crippen LogP contribution is 2.38. The van der Waals surface area contributed by atoms with E-state index in [2.05, 4.69) is 15.0 Å². The zero-order valence-electron chi connectivity index (χ0n) is 15.0. The van der Waals surface area contributed by atoms with Crippen molar-refractivity contribution in [1.82, 2.24) is 15.0 Å². The second-order valence-electron chi connectivity index (χ2n) is 6.08. The third-order valence-corrected chi connectivity index (χ3v) is 7.70. The monoisotopic (exact) mass is 499 g/mol. The second kappa shape index (κ2) is 7.95. The van der Waals surface area contributed by atoms with Crippen LogP contribution in [0.5, 0.6) is 0 Å². The molecule has 0 atom stereocenters. The Morgan fingerprint density at radius 2 is 1.93 bits per heavy atom. The molecule has 0 bridgehead atoms. The summed E-state index contributed by atoms with van der Waals surface area (Å²) in [6.45, 7) is 0. The van der Waals surface area contributed by atoms with Crippen LogP contribution in [0, 0.1) is 0 Å². The van der Waals surface area contributed by atoms with Gasteiger partial charge in [0.1, 0.15) is 20.6 Å². The SMILES string of the molecule is CNS(=O)(=O)c1c(Cl)cc(-c2cncc3cc(C=C4SC(=S)NC4=O)oc23)cc1Cl. The first-order valence-electron chi connectivity index (χ1n) is 8.25. The second-order valence-corrected chi connectivity index (χ2v) is 10.4. The Bertz CT molecular complexity index is 1340. The topological polar surface area (TPSA) is 101 Å². The normalized spacial score (nSPS) is 15.9. The number of amides is 1. The first kappa shape index (κ1) is 21.3. The van der Waals surface area contributed by atoms with Crippen LogP contribution in [0.4, 0.5) is 0 Å². The molecule has 1 aromatic carbocycles. The molecular weight excluding hydrogens is 489 g/mol. The zero-order chi connectivity index (χ0) is 21.6. The summed E-state index contributed by atoms with van der Waals surface area (Å²) in [6.07, 6.45) is 4.76. The van der Waals surface area contributed by atoms with Crippen molar-refractivity contribution in [1.29, 1.82) is 0 Å². The number of carbonyl (C=O) groups is 1. The smallest absolute Gasteiger partial charge is 0.263 e. The highest BCUT2D eigenvalue weighted by Gasteiger charge is 2.24. The van der Waals surface area contributed by atoms with Crippen LogP contribution in [0.2, 0.25) is 10.0 Å². The number of rotatable bonds is 4. The molecule has 1 aliphatic heterocycles. The van der Waals surface area contributed by atoms with Crippen LogP contribution in [0.15, 0.2) is 44.8 Å². The molecule has 1 fully saturated rings. The first-order chi connectivity index (χ1) is 14.2. The Balaban J connectivity index is 1.83. The number of hydrogen-bond acceptors (Lipinski definition) is 7. The molecule has 0 saturated carbocycles. The highest BCUT2D eigenvalue weighted by molar-refractivity contribution is 8.26. The van der Waals surface area contributed by atoms with Gasteiger partial charge in [0.15, 0.2) is 0 Å². The van der Waals surface area contributed by atoms with E-state index in [0.717, 1.165) is 11.8 Å². The van der Waals surface area contributed by atoms with Crippen molar-refractivity contribution < 1.29 is 17.6 Å². The highest BCUT2D eigenvalue weighted by atomic mass is 35.5. The fourth-order valence-corrected chi connectivity index (χ4v) is 5.84. The third kappa shape index (κ3) is 3.86. The molecule has 0 unspecified atom stereocenters. The molecule has 30 heavy (non-hydrogen) atoms. The molecule has 3 aromatic rings. The van der Waals surface area contributed by atoms with Gasteiger partial charge in [-0.3, -0.25) is 9.78 Å². The van der Waals surface area contributed by atoms with Crippen LogP contribution < -0.4 is 10.0 Å². The number of carbonyl (C=O) groups excluding carboxylic acids is 1. The molecule has 0 radical (unpaired) electrons. The summed E-state index contributed by atoms with van der Waals surface area (Å²) in [5.41, 5.74) is 1.58. The van der Waals surface area contributed by atoms with E-state index in [4.69, 9.17) is 39.8 Å². The van der Waals surface area contributed by atoms with E-state index < -0.39 is 10.0 Å². The van der Waals surface area contributed by atoms with Crippen molar-refractivity contribution in [3.8, 4) is 11.1 Å². The number of sulfonamides is 1. The third-order valence-electron chi connectivity index (χ3n) is 4.20. The molecule has 12 heteroatoms. The Morgan fingerprint density at radius 1 is 1.23 bits per heavy atom. The van der Waals surface area contributed by atoms with E-state index >= 15 is 0 Å². The molecule has 1 aliphatic rings. The van der Waals surface area contributed by atoms with Crippen molar-refractivity contribution in [2.24, 2.45) is 0 Å². The minimum absolute atomic E-state index is 0.0368. The van der Waals surface area contributed by atoms with Gasteiger partial charge in [0, 0.05) is 29.4 Å². The number of furan rings is 1. The summed E-state index contributed by atoms with van der Waals surface area (Å²) in [7, 11) is -2.56. The average molecular weight is 500 g/mol. The lowest BCUT2D eigenvalue weighted by atomic mass is 10.1. The summed E-state index contributed by atoms with van der Waals surface area (Å²) in [5.74, 6) is 0.150. The Kier molecular flexibility index (Phi) is 5.64. The quantitative estimate of drug-likeness (QED) is 0.409. The largest absolute Gasteiger partial charge is 0.456 e. The lowest BCUT2D eigenvalue weighted by Gasteiger charge is -2.10. The van der Waals surface area contributed by atoms with Crippen LogP contribution >= 0.6 is 47.2 Å². The van der Waals surface area contributed by atoms with Gasteiger partial charge in [0.2, 0.25) is 10.0 Å². The maximum absolute atomic E-state index is 12.2. The molecule has 2 N–H and O–H groups in total. The number of thiocarbonyl (C=S) groups is 1. The van der Waals surface area contributed by atoms with Gasteiger partial charge in [-0.2, -0.15) is 0 Å². The number of thioether (sulfide) groups is 1. The number of nitrogens with one attached hydrogen (secondary N) is 2. The summed E-state index contributed by atoms with van der Waals surface area (Å²) in [5, 5.41) is 3.15. The molecule has 0 aliphatic carbocycles. The van der Waals surface area contributed by atoms with Gasteiger partial charge in [-0.1, -0.05) is 47.2 Å². The lowest BCUT2D eigenvalue weighted by molar-refractivity contribution is -0.115. The molecule has 2 aromatic heterocycles. The number of halogens is 2. The average Bonchev–Trinajstić information content (AvgIpc) is 3.22. The van der Waals surface area contributed by atoms with Gasteiger partial charge in [0.25, 0.3) is 5.91 Å². The van der Waals surface area contributed by atoms with Crippen LogP contribution in [0.25, 0.3) is 28.2 Å². The van der Waals surface area contributed by atoms with E-state index in [1.807, 2.05) is 0 Å². The minimum atomic E-state index is -3.83. The van der Waals surface area contributed by atoms with E-state index in [1.165, 1.54) is 19.2 Å². The number of benzene rings is 1. The summed E-state index contributed by atoms with van der Waals surface area (Å²) >= 11 is 18.6. The van der Waals surface area contributed by atoms with Crippen LogP contribution in [-0.4, -0.2) is 30.7 Å². The minimum Gasteiger partial charge on any atom is -0.456 e. The van der Waals surface area contributed by atoms with Crippen LogP contribution in [0.3, 0.4) is 0 Å². The summed E-state index contributed by atoms with van der Waals surface area (Å²) in [4.78, 5) is 16.3. The maximum Gasteiger partial charge on any atom is 0.263 e. The zero-order valence-corrected chi connectivity index (χ0v) is 19.0. The van der Waals surface area contributed by atoms with Gasteiger partial charge >= 0.3 is 0 Å². The number of fused-ring (bicyclic) bond motifs is 1. The first-order valence-corrected chi connectivity index (χ1v) is 11.7. The fraction of sp³-hybridized carbons (Fsp3) is 0.0556. The van der Waals surface area contributed by atoms with Gasteiger partial charge in [-0.15, -0.1) is 0 Å². The van der Waals surface area contributed by atoms with Gasteiger partial charge in [-0.25, -0.2) is 13.1 Å². The predicted molar refractivity (Wildman–Crippen MR) is 122 cm³/mol. The van der Waals surface area contributed by atoms with E-state index in [1.54, 1.807) is 24.5 Å². The van der Waals surface area contributed by atoms with Gasteiger partial charge < -0.3 is 9.73 Å². The molecule has 154 valence electrons. The molecule has 4 rings (SSSR count). The van der Waals surface area contributed by atoms with E-state index in [0.29, 0.717) is 37.1 Å². The van der Waals surface area contributed by atoms with Crippen molar-refractivity contribution in [2.75, 3.05) is 7.05 Å². The molecule has 1 amide bonds. The number of aromatic nitrogens is 1. The number of nitrogens with zero attached hydrogens (tertiary/aromatic N) is 1. The van der Waals surface area contributed by atoms with Crippen LogP contribution in [0.1, 0.15) is 5.76 Å². The summed E-state index contributed by atoms with van der Waals surface area (Å²) in [6, 6.07) is 4.69. The summed E-state index contributed by atoms with van der Waals surface area (Å²) < 4.78 is 32.8. The van der Waals surface area contributed by atoms with Gasteiger partial charge in [-0.05, 0) is 30.8 Å². The number of pyridine rings is 1. The molecule has 0 spiro atoms. The molecule has 7 nitrogen and oxygen atoms in total. The van der Waals surface area contributed by atoms with Crippen molar-refractivity contribution in [2.45, 2.75) is 4.90 Å². The molecule has 3 heterocycles.